The fourth-order valence-corrected chi connectivity index (χ4v) is 1.61. The molecular weight excluding hydrogens is 232 g/mol. The highest BCUT2D eigenvalue weighted by Gasteiger charge is 2.16. The lowest BCUT2D eigenvalue weighted by atomic mass is 10.3. The third kappa shape index (κ3) is 8.44. The van der Waals surface area contributed by atoms with Crippen molar-refractivity contribution >= 4 is 5.91 Å². The number of nitrogens with one attached hydrogen (secondary N) is 1. The molecule has 0 aromatic rings. The van der Waals surface area contributed by atoms with Crippen LogP contribution in [0.3, 0.4) is 0 Å². The Morgan fingerprint density at radius 1 is 1.17 bits per heavy atom. The van der Waals surface area contributed by atoms with E-state index in [1.807, 2.05) is 39.5 Å². The molecule has 1 N–H and O–H groups in total. The van der Waals surface area contributed by atoms with Gasteiger partial charge in [-0.3, -0.25) is 9.69 Å². The van der Waals surface area contributed by atoms with Crippen LogP contribution in [0.5, 0.6) is 0 Å². The molecule has 0 saturated heterocycles. The average Bonchev–Trinajstić information content (AvgIpc) is 2.27. The maximum atomic E-state index is 11.7. The fourth-order valence-electron chi connectivity index (χ4n) is 1.61. The molecule has 0 spiro atoms. The Bertz CT molecular complexity index is 216. The summed E-state index contributed by atoms with van der Waals surface area (Å²) in [6.45, 7) is 12.8. The fraction of sp³-hybridized carbons (Fsp3) is 0.923. The molecule has 0 heterocycles. The summed E-state index contributed by atoms with van der Waals surface area (Å²) in [5.74, 6) is 0.0404. The molecule has 0 aliphatic rings. The predicted octanol–water partition coefficient (Wildman–Crippen LogP) is 1.23. The number of nitrogens with zero attached hydrogens (tertiary/aromatic N) is 1. The normalized spacial score (nSPS) is 11.6. The SMILES string of the molecule is CCOC(CN(CC)CC(=O)NC(C)C)OCC. The van der Waals surface area contributed by atoms with Crippen LogP contribution in [0.4, 0.5) is 0 Å². The van der Waals surface area contributed by atoms with Crippen molar-refractivity contribution in [3.8, 4) is 0 Å². The van der Waals surface area contributed by atoms with Crippen LogP contribution in [0.25, 0.3) is 0 Å². The minimum absolute atomic E-state index is 0.0404. The van der Waals surface area contributed by atoms with Crippen molar-refractivity contribution < 1.29 is 14.3 Å². The molecule has 0 rings (SSSR count). The molecule has 5 nitrogen and oxygen atoms in total. The number of carbonyl (C=O) groups is 1. The lowest BCUT2D eigenvalue weighted by Gasteiger charge is -2.25. The van der Waals surface area contributed by atoms with Crippen molar-refractivity contribution in [3.63, 3.8) is 0 Å². The highest BCUT2D eigenvalue weighted by atomic mass is 16.7. The van der Waals surface area contributed by atoms with E-state index in [0.29, 0.717) is 26.3 Å². The Morgan fingerprint density at radius 2 is 1.72 bits per heavy atom. The van der Waals surface area contributed by atoms with Gasteiger partial charge in [-0.05, 0) is 34.2 Å². The van der Waals surface area contributed by atoms with E-state index in [1.165, 1.54) is 0 Å². The van der Waals surface area contributed by atoms with Crippen LogP contribution >= 0.6 is 0 Å². The van der Waals surface area contributed by atoms with E-state index in [9.17, 15) is 4.79 Å². The molecule has 0 aromatic heterocycles. The standard InChI is InChI=1S/C13H28N2O3/c1-6-15(9-12(16)14-11(4)5)10-13(17-7-2)18-8-3/h11,13H,6-10H2,1-5H3,(H,14,16). The van der Waals surface area contributed by atoms with E-state index in [1.54, 1.807) is 0 Å². The van der Waals surface area contributed by atoms with Crippen LogP contribution < -0.4 is 5.32 Å². The Balaban J connectivity index is 4.17. The lowest BCUT2D eigenvalue weighted by Crippen LogP contribution is -2.43. The molecule has 0 saturated carbocycles. The first kappa shape index (κ1) is 17.4. The van der Waals surface area contributed by atoms with Gasteiger partial charge in [-0.25, -0.2) is 0 Å². The maximum absolute atomic E-state index is 11.7. The van der Waals surface area contributed by atoms with E-state index in [4.69, 9.17) is 9.47 Å². The molecule has 0 radical (unpaired) electrons. The molecular formula is C13H28N2O3. The van der Waals surface area contributed by atoms with Gasteiger partial charge in [-0.1, -0.05) is 6.92 Å². The van der Waals surface area contributed by atoms with Crippen LogP contribution in [-0.2, 0) is 14.3 Å². The van der Waals surface area contributed by atoms with Gasteiger partial charge in [-0.2, -0.15) is 0 Å². The maximum Gasteiger partial charge on any atom is 0.234 e. The first-order valence-electron chi connectivity index (χ1n) is 6.78. The Kier molecular flexibility index (Phi) is 9.92. The summed E-state index contributed by atoms with van der Waals surface area (Å²) in [5.41, 5.74) is 0. The van der Waals surface area contributed by atoms with Gasteiger partial charge in [0, 0.05) is 19.3 Å². The van der Waals surface area contributed by atoms with Crippen molar-refractivity contribution in [1.29, 1.82) is 0 Å². The van der Waals surface area contributed by atoms with Gasteiger partial charge in [-0.15, -0.1) is 0 Å². The van der Waals surface area contributed by atoms with Crippen molar-refractivity contribution in [2.45, 2.75) is 47.0 Å². The smallest absolute Gasteiger partial charge is 0.234 e. The van der Waals surface area contributed by atoms with Crippen LogP contribution in [0, 0.1) is 0 Å². The lowest BCUT2D eigenvalue weighted by molar-refractivity contribution is -0.149. The molecule has 0 fully saturated rings. The molecule has 18 heavy (non-hydrogen) atoms. The highest BCUT2D eigenvalue weighted by molar-refractivity contribution is 5.78. The van der Waals surface area contributed by atoms with Crippen molar-refractivity contribution in [2.24, 2.45) is 0 Å². The molecule has 0 bridgehead atoms. The number of hydrogen-bond donors (Lipinski definition) is 1. The first-order valence-corrected chi connectivity index (χ1v) is 6.78. The number of likely N-dealkylation sites (N-methyl/N-ethyl adjacent to an activating group) is 1. The number of rotatable bonds is 10. The zero-order valence-corrected chi connectivity index (χ0v) is 12.4. The zero-order valence-electron chi connectivity index (χ0n) is 12.4. The van der Waals surface area contributed by atoms with Gasteiger partial charge in [0.1, 0.15) is 0 Å². The Morgan fingerprint density at radius 3 is 2.11 bits per heavy atom. The Hall–Kier alpha value is -0.650. The van der Waals surface area contributed by atoms with Crippen molar-refractivity contribution in [2.75, 3.05) is 32.8 Å². The minimum atomic E-state index is -0.258. The van der Waals surface area contributed by atoms with Gasteiger partial charge < -0.3 is 14.8 Å². The molecule has 0 unspecified atom stereocenters. The third-order valence-corrected chi connectivity index (χ3v) is 2.38. The second kappa shape index (κ2) is 10.3. The number of ether oxygens (including phenoxy) is 2. The van der Waals surface area contributed by atoms with Crippen molar-refractivity contribution in [3.05, 3.63) is 0 Å². The van der Waals surface area contributed by atoms with Gasteiger partial charge in [0.2, 0.25) is 5.91 Å². The van der Waals surface area contributed by atoms with Crippen LogP contribution in [0.1, 0.15) is 34.6 Å². The van der Waals surface area contributed by atoms with E-state index >= 15 is 0 Å². The van der Waals surface area contributed by atoms with Gasteiger partial charge in [0.25, 0.3) is 0 Å². The molecule has 108 valence electrons. The number of hydrogen-bond acceptors (Lipinski definition) is 4. The molecule has 0 aliphatic heterocycles. The summed E-state index contributed by atoms with van der Waals surface area (Å²) in [4.78, 5) is 13.7. The van der Waals surface area contributed by atoms with E-state index < -0.39 is 0 Å². The van der Waals surface area contributed by atoms with Gasteiger partial charge in [0.05, 0.1) is 13.1 Å². The average molecular weight is 260 g/mol. The van der Waals surface area contributed by atoms with Gasteiger partial charge >= 0.3 is 0 Å². The molecule has 0 aromatic carbocycles. The largest absolute Gasteiger partial charge is 0.353 e. The summed E-state index contributed by atoms with van der Waals surface area (Å²) in [7, 11) is 0. The first-order chi connectivity index (χ1) is 8.53. The van der Waals surface area contributed by atoms with Crippen molar-refractivity contribution in [1.82, 2.24) is 10.2 Å². The van der Waals surface area contributed by atoms with Crippen LogP contribution in [0.15, 0.2) is 0 Å². The third-order valence-electron chi connectivity index (χ3n) is 2.38. The van der Waals surface area contributed by atoms with Crippen LogP contribution in [-0.4, -0.2) is 56.0 Å². The highest BCUT2D eigenvalue weighted by Crippen LogP contribution is 2.00. The minimum Gasteiger partial charge on any atom is -0.353 e. The topological polar surface area (TPSA) is 50.8 Å². The van der Waals surface area contributed by atoms with Gasteiger partial charge in [0.15, 0.2) is 6.29 Å². The van der Waals surface area contributed by atoms with Crippen LogP contribution in [0.2, 0.25) is 0 Å². The van der Waals surface area contributed by atoms with E-state index in [0.717, 1.165) is 6.54 Å². The quantitative estimate of drug-likeness (QED) is 0.600. The molecule has 1 amide bonds. The Labute approximate surface area is 111 Å². The summed E-state index contributed by atoms with van der Waals surface area (Å²) in [6.07, 6.45) is -0.258. The molecule has 0 aliphatic carbocycles. The summed E-state index contributed by atoms with van der Waals surface area (Å²) in [5, 5.41) is 2.88. The second-order valence-corrected chi connectivity index (χ2v) is 4.39. The zero-order chi connectivity index (χ0) is 14.0. The molecule has 0 atom stereocenters. The number of carbonyl (C=O) groups excluding carboxylic acids is 1. The van der Waals surface area contributed by atoms with E-state index in [-0.39, 0.29) is 18.2 Å². The molecule has 5 heteroatoms. The second-order valence-electron chi connectivity index (χ2n) is 4.39. The predicted molar refractivity (Wildman–Crippen MR) is 72.4 cm³/mol. The summed E-state index contributed by atoms with van der Waals surface area (Å²) >= 11 is 0. The summed E-state index contributed by atoms with van der Waals surface area (Å²) in [6, 6.07) is 0.172. The number of amides is 1. The summed E-state index contributed by atoms with van der Waals surface area (Å²) < 4.78 is 11.0. The van der Waals surface area contributed by atoms with E-state index in [2.05, 4.69) is 5.32 Å². The monoisotopic (exact) mass is 260 g/mol.